The van der Waals surface area contributed by atoms with E-state index in [2.05, 4.69) is 10.6 Å². The Hall–Kier alpha value is -3.19. The highest BCUT2D eigenvalue weighted by Gasteiger charge is 2.17. The molecule has 7 nitrogen and oxygen atoms in total. The van der Waals surface area contributed by atoms with Crippen molar-refractivity contribution in [3.63, 3.8) is 0 Å². The van der Waals surface area contributed by atoms with E-state index in [1.54, 1.807) is 0 Å². The van der Waals surface area contributed by atoms with Crippen LogP contribution in [0, 0.1) is 0 Å². The summed E-state index contributed by atoms with van der Waals surface area (Å²) in [5.74, 6) is -1.92. The molecule has 0 saturated carbocycles. The molecule has 2 rings (SSSR count). The van der Waals surface area contributed by atoms with Crippen molar-refractivity contribution < 1.29 is 19.5 Å². The Kier molecular flexibility index (Phi) is 7.71. The first-order valence-electron chi connectivity index (χ1n) is 9.06. The summed E-state index contributed by atoms with van der Waals surface area (Å²) in [5, 5.41) is 13.8. The fourth-order valence-electron chi connectivity index (χ4n) is 2.56. The van der Waals surface area contributed by atoms with Crippen LogP contribution in [0.4, 0.5) is 0 Å². The molecule has 0 aliphatic heterocycles. The molecule has 0 spiro atoms. The van der Waals surface area contributed by atoms with Crippen LogP contribution in [-0.2, 0) is 20.9 Å². The Morgan fingerprint density at radius 2 is 1.61 bits per heavy atom. The molecule has 2 amide bonds. The lowest BCUT2D eigenvalue weighted by Crippen LogP contribution is -2.42. The molecule has 0 aromatic heterocycles. The maximum absolute atomic E-state index is 12.1. The Balaban J connectivity index is 1.76. The molecule has 0 bridgehead atoms. The smallest absolute Gasteiger partial charge is 0.325 e. The lowest BCUT2D eigenvalue weighted by molar-refractivity contribution is -0.141. The minimum Gasteiger partial charge on any atom is -0.480 e. The lowest BCUT2D eigenvalue weighted by Gasteiger charge is -2.13. The van der Waals surface area contributed by atoms with Crippen LogP contribution in [-0.4, -0.2) is 35.0 Å². The van der Waals surface area contributed by atoms with E-state index in [-0.39, 0.29) is 18.7 Å². The lowest BCUT2D eigenvalue weighted by atomic mass is 10.0. The summed E-state index contributed by atoms with van der Waals surface area (Å²) < 4.78 is 0. The number of hydrogen-bond donors (Lipinski definition) is 4. The Labute approximate surface area is 163 Å². The molecule has 2 aromatic rings. The van der Waals surface area contributed by atoms with E-state index in [1.165, 1.54) is 6.92 Å². The van der Waals surface area contributed by atoms with Crippen molar-refractivity contribution in [2.45, 2.75) is 38.4 Å². The molecular formula is C21H25N3O4. The number of carboxylic acids is 1. The first-order chi connectivity index (χ1) is 13.4. The highest BCUT2D eigenvalue weighted by molar-refractivity contribution is 5.85. The van der Waals surface area contributed by atoms with E-state index in [0.29, 0.717) is 6.54 Å². The fourth-order valence-corrected chi connectivity index (χ4v) is 2.56. The number of carbonyl (C=O) groups excluding carboxylic acids is 2. The summed E-state index contributed by atoms with van der Waals surface area (Å²) >= 11 is 0. The molecule has 0 heterocycles. The summed E-state index contributed by atoms with van der Waals surface area (Å²) in [6, 6.07) is 16.0. The van der Waals surface area contributed by atoms with Crippen LogP contribution in [0.25, 0.3) is 11.1 Å². The van der Waals surface area contributed by atoms with Crippen molar-refractivity contribution in [1.29, 1.82) is 0 Å². The second kappa shape index (κ2) is 10.2. The number of nitrogens with two attached hydrogens (primary N) is 1. The van der Waals surface area contributed by atoms with Crippen LogP contribution in [0.1, 0.15) is 25.3 Å². The van der Waals surface area contributed by atoms with Crippen LogP contribution in [0.15, 0.2) is 54.6 Å². The molecule has 148 valence electrons. The topological polar surface area (TPSA) is 122 Å². The summed E-state index contributed by atoms with van der Waals surface area (Å²) in [6.07, 6.45) is 0.120. The molecule has 0 aliphatic carbocycles. The van der Waals surface area contributed by atoms with Crippen LogP contribution in [0.2, 0.25) is 0 Å². The molecule has 0 unspecified atom stereocenters. The van der Waals surface area contributed by atoms with Gasteiger partial charge in [-0.15, -0.1) is 0 Å². The van der Waals surface area contributed by atoms with Crippen molar-refractivity contribution in [3.8, 4) is 11.1 Å². The zero-order chi connectivity index (χ0) is 20.5. The second-order valence-corrected chi connectivity index (χ2v) is 6.55. The number of amides is 2. The molecule has 7 heteroatoms. The highest BCUT2D eigenvalue weighted by atomic mass is 16.4. The minimum atomic E-state index is -1.12. The number of carboxylic acid groups (broad SMARTS) is 1. The zero-order valence-electron chi connectivity index (χ0n) is 15.7. The summed E-state index contributed by atoms with van der Waals surface area (Å²) in [5.41, 5.74) is 8.96. The molecule has 2 atom stereocenters. The summed E-state index contributed by atoms with van der Waals surface area (Å²) in [7, 11) is 0. The molecule has 0 saturated heterocycles. The number of aliphatic carboxylic acids is 1. The monoisotopic (exact) mass is 383 g/mol. The molecule has 2 aromatic carbocycles. The molecule has 0 fully saturated rings. The van der Waals surface area contributed by atoms with Gasteiger partial charge in [-0.05, 0) is 30.0 Å². The standard InChI is InChI=1S/C21H25N3O4/c1-14(21(27)28)24-19(25)12-11-18(22)20(26)23-13-15-7-9-17(10-8-15)16-5-3-2-4-6-16/h2-10,14,18H,11-13,22H2,1H3,(H,23,26)(H,24,25)(H,27,28)/t14-,18-/m0/s1. The van der Waals surface area contributed by atoms with Crippen LogP contribution >= 0.6 is 0 Å². The Morgan fingerprint density at radius 1 is 1.00 bits per heavy atom. The Morgan fingerprint density at radius 3 is 2.21 bits per heavy atom. The van der Waals surface area contributed by atoms with Crippen LogP contribution in [0.5, 0.6) is 0 Å². The van der Waals surface area contributed by atoms with Gasteiger partial charge in [-0.25, -0.2) is 0 Å². The van der Waals surface area contributed by atoms with Gasteiger partial charge in [0.15, 0.2) is 0 Å². The summed E-state index contributed by atoms with van der Waals surface area (Å²) in [4.78, 5) is 34.4. The van der Waals surface area contributed by atoms with E-state index >= 15 is 0 Å². The predicted molar refractivity (Wildman–Crippen MR) is 106 cm³/mol. The second-order valence-electron chi connectivity index (χ2n) is 6.55. The minimum absolute atomic E-state index is 0.0159. The van der Waals surface area contributed by atoms with Gasteiger partial charge in [0, 0.05) is 13.0 Å². The number of nitrogens with one attached hydrogen (secondary N) is 2. The number of rotatable bonds is 9. The van der Waals surface area contributed by atoms with E-state index in [1.807, 2.05) is 54.6 Å². The van der Waals surface area contributed by atoms with Gasteiger partial charge in [0.2, 0.25) is 11.8 Å². The maximum atomic E-state index is 12.1. The highest BCUT2D eigenvalue weighted by Crippen LogP contribution is 2.19. The quantitative estimate of drug-likeness (QED) is 0.525. The van der Waals surface area contributed by atoms with Gasteiger partial charge in [0.05, 0.1) is 6.04 Å². The third kappa shape index (κ3) is 6.51. The van der Waals surface area contributed by atoms with Crippen LogP contribution < -0.4 is 16.4 Å². The van der Waals surface area contributed by atoms with E-state index in [0.717, 1.165) is 16.7 Å². The largest absolute Gasteiger partial charge is 0.480 e. The fraction of sp³-hybridized carbons (Fsp3) is 0.286. The van der Waals surface area contributed by atoms with Crippen molar-refractivity contribution in [3.05, 3.63) is 60.2 Å². The zero-order valence-corrected chi connectivity index (χ0v) is 15.7. The Bertz CT molecular complexity index is 806. The van der Waals surface area contributed by atoms with Gasteiger partial charge in [0.25, 0.3) is 0 Å². The van der Waals surface area contributed by atoms with Gasteiger partial charge in [-0.3, -0.25) is 14.4 Å². The molecular weight excluding hydrogens is 358 g/mol. The number of carbonyl (C=O) groups is 3. The molecule has 0 aliphatic rings. The average molecular weight is 383 g/mol. The SMILES string of the molecule is C[C@H](NC(=O)CC[C@H](N)C(=O)NCc1ccc(-c2ccccc2)cc1)C(=O)O. The third-order valence-corrected chi connectivity index (χ3v) is 4.29. The number of benzene rings is 2. The maximum Gasteiger partial charge on any atom is 0.325 e. The number of hydrogen-bond acceptors (Lipinski definition) is 4. The van der Waals surface area contributed by atoms with E-state index in [9.17, 15) is 14.4 Å². The van der Waals surface area contributed by atoms with E-state index < -0.39 is 24.0 Å². The molecule has 5 N–H and O–H groups in total. The van der Waals surface area contributed by atoms with Gasteiger partial charge < -0.3 is 21.5 Å². The van der Waals surface area contributed by atoms with Gasteiger partial charge >= 0.3 is 5.97 Å². The van der Waals surface area contributed by atoms with Crippen LogP contribution in [0.3, 0.4) is 0 Å². The first kappa shape index (κ1) is 21.1. The van der Waals surface area contributed by atoms with Gasteiger partial charge in [0.1, 0.15) is 6.04 Å². The van der Waals surface area contributed by atoms with Crippen molar-refractivity contribution in [1.82, 2.24) is 10.6 Å². The average Bonchev–Trinajstić information content (AvgIpc) is 2.71. The third-order valence-electron chi connectivity index (χ3n) is 4.29. The van der Waals surface area contributed by atoms with Gasteiger partial charge in [-0.1, -0.05) is 54.6 Å². The summed E-state index contributed by atoms with van der Waals surface area (Å²) in [6.45, 7) is 1.71. The first-order valence-corrected chi connectivity index (χ1v) is 9.06. The van der Waals surface area contributed by atoms with Crippen molar-refractivity contribution in [2.75, 3.05) is 0 Å². The predicted octanol–water partition coefficient (Wildman–Crippen LogP) is 1.67. The normalized spacial score (nSPS) is 12.6. The molecule has 28 heavy (non-hydrogen) atoms. The van der Waals surface area contributed by atoms with Crippen molar-refractivity contribution in [2.24, 2.45) is 5.73 Å². The van der Waals surface area contributed by atoms with Crippen molar-refractivity contribution >= 4 is 17.8 Å². The van der Waals surface area contributed by atoms with E-state index in [4.69, 9.17) is 10.8 Å². The van der Waals surface area contributed by atoms with Gasteiger partial charge in [-0.2, -0.15) is 0 Å². The molecule has 0 radical (unpaired) electrons.